The molecule has 0 aliphatic heterocycles. The Morgan fingerprint density at radius 1 is 1.11 bits per heavy atom. The van der Waals surface area contributed by atoms with Crippen LogP contribution in [0.2, 0.25) is 0 Å². The number of furan rings is 1. The number of carbonyl (C=O) groups excluding carboxylic acids is 1. The fourth-order valence-electron chi connectivity index (χ4n) is 3.43. The van der Waals surface area contributed by atoms with Gasteiger partial charge in [-0.15, -0.1) is 24.5 Å². The first-order chi connectivity index (χ1) is 17.0. The standard InChI is InChI=1S/C24H16F4N2O5S/c1-14-12-15(6-8-19(14)35-24(26,27)28)21-10-7-16(36-21)13-29(18-5-3-2-4-17(18)25)23(31)20-9-11-22(34-20)30(32)33/h2-12H,13H2,1H3. The van der Waals surface area contributed by atoms with Crippen molar-refractivity contribution in [2.24, 2.45) is 0 Å². The van der Waals surface area contributed by atoms with Crippen LogP contribution in [-0.4, -0.2) is 17.2 Å². The maximum Gasteiger partial charge on any atom is 0.573 e. The molecule has 186 valence electrons. The first-order valence-electron chi connectivity index (χ1n) is 10.3. The molecule has 0 aliphatic carbocycles. The van der Waals surface area contributed by atoms with E-state index >= 15 is 0 Å². The highest BCUT2D eigenvalue weighted by atomic mass is 32.1. The summed E-state index contributed by atoms with van der Waals surface area (Å²) in [6.45, 7) is 1.40. The minimum absolute atomic E-state index is 0.0546. The van der Waals surface area contributed by atoms with Gasteiger partial charge >= 0.3 is 12.2 Å². The van der Waals surface area contributed by atoms with Gasteiger partial charge in [-0.05, 0) is 66.6 Å². The van der Waals surface area contributed by atoms with Gasteiger partial charge in [-0.2, -0.15) is 0 Å². The Morgan fingerprint density at radius 3 is 2.50 bits per heavy atom. The number of alkyl halides is 3. The van der Waals surface area contributed by atoms with Crippen molar-refractivity contribution < 1.29 is 36.4 Å². The zero-order valence-electron chi connectivity index (χ0n) is 18.4. The van der Waals surface area contributed by atoms with Crippen LogP contribution in [0.4, 0.5) is 29.1 Å². The molecular weight excluding hydrogens is 504 g/mol. The summed E-state index contributed by atoms with van der Waals surface area (Å²) < 4.78 is 61.3. The van der Waals surface area contributed by atoms with Gasteiger partial charge in [-0.1, -0.05) is 12.1 Å². The van der Waals surface area contributed by atoms with Crippen LogP contribution in [0.3, 0.4) is 0 Å². The van der Waals surface area contributed by atoms with Gasteiger partial charge < -0.3 is 9.15 Å². The topological polar surface area (TPSA) is 85.8 Å². The number of hydrogen-bond donors (Lipinski definition) is 0. The SMILES string of the molecule is Cc1cc(-c2ccc(CN(C(=O)c3ccc([N+](=O)[O-])o3)c3ccccc3F)s2)ccc1OC(F)(F)F. The molecule has 1 amide bonds. The summed E-state index contributed by atoms with van der Waals surface area (Å²) >= 11 is 1.25. The summed E-state index contributed by atoms with van der Waals surface area (Å²) in [5.41, 5.74) is 0.854. The Kier molecular flexibility index (Phi) is 6.80. The third-order valence-electron chi connectivity index (χ3n) is 5.03. The van der Waals surface area contributed by atoms with Crippen LogP contribution in [-0.2, 0) is 6.54 Å². The number of thiophene rings is 1. The third-order valence-corrected chi connectivity index (χ3v) is 6.15. The zero-order valence-corrected chi connectivity index (χ0v) is 19.2. The van der Waals surface area contributed by atoms with E-state index in [-0.39, 0.29) is 29.3 Å². The number of para-hydroxylation sites is 1. The molecule has 0 N–H and O–H groups in total. The first kappa shape index (κ1) is 24.9. The number of rotatable bonds is 7. The summed E-state index contributed by atoms with van der Waals surface area (Å²) in [5.74, 6) is -2.74. The number of aryl methyl sites for hydroxylation is 1. The zero-order chi connectivity index (χ0) is 26.0. The predicted molar refractivity (Wildman–Crippen MR) is 123 cm³/mol. The molecule has 0 saturated carbocycles. The molecule has 0 atom stereocenters. The smallest absolute Gasteiger partial charge is 0.406 e. The van der Waals surface area contributed by atoms with Gasteiger partial charge in [0.05, 0.1) is 18.3 Å². The number of nitrogens with zero attached hydrogens (tertiary/aromatic N) is 2. The summed E-state index contributed by atoms with van der Waals surface area (Å²) in [6.07, 6.45) is -4.81. The highest BCUT2D eigenvalue weighted by Gasteiger charge is 2.32. The lowest BCUT2D eigenvalue weighted by Crippen LogP contribution is -2.30. The van der Waals surface area contributed by atoms with Crippen molar-refractivity contribution in [2.45, 2.75) is 19.8 Å². The highest BCUT2D eigenvalue weighted by molar-refractivity contribution is 7.15. The van der Waals surface area contributed by atoms with Crippen LogP contribution in [0.5, 0.6) is 5.75 Å². The maximum atomic E-state index is 14.6. The third kappa shape index (κ3) is 5.54. The van der Waals surface area contributed by atoms with E-state index in [2.05, 4.69) is 4.74 Å². The molecule has 7 nitrogen and oxygen atoms in total. The van der Waals surface area contributed by atoms with Crippen LogP contribution >= 0.6 is 11.3 Å². The Balaban J connectivity index is 1.63. The molecule has 2 aromatic heterocycles. The van der Waals surface area contributed by atoms with Gasteiger partial charge in [-0.3, -0.25) is 19.8 Å². The second kappa shape index (κ2) is 9.82. The van der Waals surface area contributed by atoms with Crippen LogP contribution in [0.1, 0.15) is 21.0 Å². The van der Waals surface area contributed by atoms with E-state index in [0.717, 1.165) is 17.0 Å². The predicted octanol–water partition coefficient (Wildman–Crippen LogP) is 7.11. The molecule has 0 aliphatic rings. The molecule has 2 heterocycles. The fraction of sp³-hybridized carbons (Fsp3) is 0.125. The quantitative estimate of drug-likeness (QED) is 0.147. The Labute approximate surface area is 205 Å². The van der Waals surface area contributed by atoms with E-state index in [4.69, 9.17) is 4.42 Å². The van der Waals surface area contributed by atoms with E-state index in [9.17, 15) is 32.5 Å². The average molecular weight is 520 g/mol. The van der Waals surface area contributed by atoms with Crippen molar-refractivity contribution in [3.05, 3.63) is 98.9 Å². The van der Waals surface area contributed by atoms with Crippen molar-refractivity contribution >= 4 is 28.8 Å². The van der Waals surface area contributed by atoms with Gasteiger partial charge in [0.2, 0.25) is 0 Å². The first-order valence-corrected chi connectivity index (χ1v) is 11.1. The largest absolute Gasteiger partial charge is 0.573 e. The van der Waals surface area contributed by atoms with Gasteiger partial charge in [0.25, 0.3) is 5.91 Å². The number of amides is 1. The monoisotopic (exact) mass is 520 g/mol. The van der Waals surface area contributed by atoms with Crippen molar-refractivity contribution in [3.8, 4) is 16.2 Å². The molecule has 0 unspecified atom stereocenters. The molecule has 12 heteroatoms. The maximum absolute atomic E-state index is 14.6. The molecular formula is C24H16F4N2O5S. The highest BCUT2D eigenvalue weighted by Crippen LogP contribution is 2.35. The number of hydrogen-bond acceptors (Lipinski definition) is 6. The average Bonchev–Trinajstić information content (AvgIpc) is 3.48. The van der Waals surface area contributed by atoms with E-state index in [0.29, 0.717) is 15.3 Å². The normalized spacial score (nSPS) is 11.4. The van der Waals surface area contributed by atoms with Gasteiger partial charge in [0.15, 0.2) is 5.76 Å². The minimum atomic E-state index is -4.81. The minimum Gasteiger partial charge on any atom is -0.406 e. The van der Waals surface area contributed by atoms with Gasteiger partial charge in [0.1, 0.15) is 16.5 Å². The van der Waals surface area contributed by atoms with E-state index < -0.39 is 28.9 Å². The molecule has 0 radical (unpaired) electrons. The van der Waals surface area contributed by atoms with E-state index in [1.807, 2.05) is 0 Å². The van der Waals surface area contributed by atoms with Crippen molar-refractivity contribution in [1.29, 1.82) is 0 Å². The summed E-state index contributed by atoms with van der Waals surface area (Å²) in [5, 5.41) is 10.9. The lowest BCUT2D eigenvalue weighted by atomic mass is 10.1. The molecule has 2 aromatic carbocycles. The van der Waals surface area contributed by atoms with Crippen molar-refractivity contribution in [1.82, 2.24) is 0 Å². The van der Waals surface area contributed by atoms with Crippen molar-refractivity contribution in [2.75, 3.05) is 4.90 Å². The van der Waals surface area contributed by atoms with Crippen molar-refractivity contribution in [3.63, 3.8) is 0 Å². The molecule has 0 fully saturated rings. The van der Waals surface area contributed by atoms with Crippen LogP contribution in [0, 0.1) is 22.9 Å². The number of anilines is 1. The Morgan fingerprint density at radius 2 is 1.86 bits per heavy atom. The van der Waals surface area contributed by atoms with Crippen LogP contribution < -0.4 is 9.64 Å². The number of benzene rings is 2. The van der Waals surface area contributed by atoms with E-state index in [1.54, 1.807) is 18.2 Å². The second-order valence-electron chi connectivity index (χ2n) is 7.53. The molecule has 0 saturated heterocycles. The second-order valence-corrected chi connectivity index (χ2v) is 8.70. The molecule has 36 heavy (non-hydrogen) atoms. The fourth-order valence-corrected chi connectivity index (χ4v) is 4.42. The number of nitro groups is 1. The summed E-state index contributed by atoms with van der Waals surface area (Å²) in [6, 6.07) is 15.4. The number of carbonyl (C=O) groups is 1. The van der Waals surface area contributed by atoms with Gasteiger partial charge in [0, 0.05) is 9.75 Å². The number of ether oxygens (including phenoxy) is 1. The number of halogens is 4. The lowest BCUT2D eigenvalue weighted by Gasteiger charge is -2.21. The summed E-state index contributed by atoms with van der Waals surface area (Å²) in [7, 11) is 0. The van der Waals surface area contributed by atoms with Crippen LogP contribution in [0.15, 0.2) is 71.1 Å². The summed E-state index contributed by atoms with van der Waals surface area (Å²) in [4.78, 5) is 25.7. The molecule has 0 bridgehead atoms. The lowest BCUT2D eigenvalue weighted by molar-refractivity contribution is -0.402. The molecule has 4 rings (SSSR count). The van der Waals surface area contributed by atoms with Gasteiger partial charge in [-0.25, -0.2) is 4.39 Å². The molecule has 0 spiro atoms. The molecule has 4 aromatic rings. The Hall–Kier alpha value is -4.19. The van der Waals surface area contributed by atoms with E-state index in [1.165, 1.54) is 54.7 Å². The Bertz CT molecular complexity index is 1430. The van der Waals surface area contributed by atoms with Crippen LogP contribution in [0.25, 0.3) is 10.4 Å².